The number of anilines is 3. The molecule has 0 spiro atoms. The van der Waals surface area contributed by atoms with Gasteiger partial charge in [0.2, 0.25) is 0 Å². The third kappa shape index (κ3) is 2.97. The zero-order valence-electron chi connectivity index (χ0n) is 11.2. The quantitative estimate of drug-likeness (QED) is 0.500. The second-order valence-electron chi connectivity index (χ2n) is 4.51. The van der Waals surface area contributed by atoms with E-state index in [0.717, 1.165) is 16.5 Å². The van der Waals surface area contributed by atoms with E-state index in [2.05, 4.69) is 15.0 Å². The molecule has 3 rings (SSSR count). The highest BCUT2D eigenvalue weighted by molar-refractivity contribution is 7.98. The summed E-state index contributed by atoms with van der Waals surface area (Å²) in [5, 5.41) is 1.58. The summed E-state index contributed by atoms with van der Waals surface area (Å²) in [5.41, 5.74) is 19.1. The monoisotopic (exact) mass is 298 g/mol. The Hall–Kier alpha value is -2.54. The summed E-state index contributed by atoms with van der Waals surface area (Å²) < 4.78 is 0. The predicted molar refractivity (Wildman–Crippen MR) is 86.6 cm³/mol. The molecule has 0 unspecified atom stereocenters. The Morgan fingerprint density at radius 2 is 1.62 bits per heavy atom. The largest absolute Gasteiger partial charge is 0.383 e. The van der Waals surface area contributed by atoms with Gasteiger partial charge in [0, 0.05) is 22.8 Å². The van der Waals surface area contributed by atoms with Gasteiger partial charge in [0.05, 0.1) is 5.52 Å². The minimum absolute atomic E-state index is 0.356. The van der Waals surface area contributed by atoms with Crippen LogP contribution in [0.2, 0.25) is 0 Å². The number of nitrogen functional groups attached to an aromatic ring is 3. The number of aromatic nitrogens is 3. The van der Waals surface area contributed by atoms with E-state index in [4.69, 9.17) is 17.2 Å². The van der Waals surface area contributed by atoms with E-state index in [1.807, 2.05) is 30.3 Å². The van der Waals surface area contributed by atoms with Gasteiger partial charge in [0.25, 0.3) is 0 Å². The zero-order valence-corrected chi connectivity index (χ0v) is 12.0. The van der Waals surface area contributed by atoms with Crippen molar-refractivity contribution in [1.82, 2.24) is 15.0 Å². The summed E-state index contributed by atoms with van der Waals surface area (Å²) in [6.45, 7) is 0. The van der Waals surface area contributed by atoms with Crippen LogP contribution >= 0.6 is 11.8 Å². The molecule has 0 saturated heterocycles. The Morgan fingerprint density at radius 3 is 2.38 bits per heavy atom. The van der Waals surface area contributed by atoms with E-state index in [0.29, 0.717) is 28.4 Å². The lowest BCUT2D eigenvalue weighted by Gasteiger charge is -2.07. The van der Waals surface area contributed by atoms with Gasteiger partial charge in [-0.25, -0.2) is 15.0 Å². The average Bonchev–Trinajstić information content (AvgIpc) is 2.44. The molecule has 2 aromatic heterocycles. The fourth-order valence-electron chi connectivity index (χ4n) is 1.96. The van der Waals surface area contributed by atoms with Crippen LogP contribution in [0.1, 0.15) is 5.56 Å². The molecule has 0 aliphatic rings. The summed E-state index contributed by atoms with van der Waals surface area (Å²) in [5.74, 6) is 1.83. The Morgan fingerprint density at radius 1 is 0.905 bits per heavy atom. The lowest BCUT2D eigenvalue weighted by atomic mass is 10.1. The van der Waals surface area contributed by atoms with Crippen LogP contribution in [0.5, 0.6) is 0 Å². The molecular formula is C14H14N6S. The van der Waals surface area contributed by atoms with Crippen LogP contribution < -0.4 is 17.2 Å². The summed E-state index contributed by atoms with van der Waals surface area (Å²) in [6.07, 6.45) is 0. The molecule has 106 valence electrons. The lowest BCUT2D eigenvalue weighted by Crippen LogP contribution is -2.00. The number of thioether (sulfide) groups is 1. The molecular weight excluding hydrogens is 284 g/mol. The molecule has 1 aromatic carbocycles. The van der Waals surface area contributed by atoms with Gasteiger partial charge in [-0.15, -0.1) is 0 Å². The van der Waals surface area contributed by atoms with Gasteiger partial charge in [-0.1, -0.05) is 30.0 Å². The number of rotatable bonds is 3. The molecule has 21 heavy (non-hydrogen) atoms. The molecule has 0 saturated carbocycles. The molecule has 0 aliphatic carbocycles. The molecule has 6 nitrogen and oxygen atoms in total. The van der Waals surface area contributed by atoms with Crippen LogP contribution in [0.3, 0.4) is 0 Å². The number of benzene rings is 1. The molecule has 6 N–H and O–H groups in total. The Bertz CT molecular complexity index is 784. The maximum absolute atomic E-state index is 6.00. The average molecular weight is 298 g/mol. The van der Waals surface area contributed by atoms with Crippen LogP contribution in [0.25, 0.3) is 10.9 Å². The van der Waals surface area contributed by atoms with Crippen LogP contribution in [-0.2, 0) is 5.75 Å². The van der Waals surface area contributed by atoms with Gasteiger partial charge < -0.3 is 17.2 Å². The van der Waals surface area contributed by atoms with E-state index in [1.54, 1.807) is 0 Å². The second-order valence-corrected chi connectivity index (χ2v) is 5.46. The third-order valence-corrected chi connectivity index (χ3v) is 3.83. The van der Waals surface area contributed by atoms with E-state index in [-0.39, 0.29) is 0 Å². The molecule has 7 heteroatoms. The zero-order chi connectivity index (χ0) is 14.8. The fourth-order valence-corrected chi connectivity index (χ4v) is 2.81. The van der Waals surface area contributed by atoms with Crippen molar-refractivity contribution in [3.63, 3.8) is 0 Å². The maximum atomic E-state index is 6.00. The SMILES string of the molecule is Nc1cc(N)nc(SCc2cc3ccccc3nc2N)n1. The fraction of sp³-hybridized carbons (Fsp3) is 0.0714. The van der Waals surface area contributed by atoms with E-state index in [9.17, 15) is 0 Å². The smallest absolute Gasteiger partial charge is 0.191 e. The molecule has 0 aliphatic heterocycles. The Balaban J connectivity index is 1.86. The van der Waals surface area contributed by atoms with Crippen LogP contribution in [0.4, 0.5) is 17.5 Å². The van der Waals surface area contributed by atoms with E-state index in [1.165, 1.54) is 17.8 Å². The van der Waals surface area contributed by atoms with Crippen molar-refractivity contribution in [2.45, 2.75) is 10.9 Å². The Kier molecular flexibility index (Phi) is 3.49. The van der Waals surface area contributed by atoms with Crippen molar-refractivity contribution in [2.75, 3.05) is 17.2 Å². The summed E-state index contributed by atoms with van der Waals surface area (Å²) in [6, 6.07) is 11.4. The van der Waals surface area contributed by atoms with Crippen molar-refractivity contribution >= 4 is 40.1 Å². The Labute approximate surface area is 125 Å². The van der Waals surface area contributed by atoms with Gasteiger partial charge >= 0.3 is 0 Å². The van der Waals surface area contributed by atoms with Gasteiger partial charge in [-0.3, -0.25) is 0 Å². The molecule has 0 fully saturated rings. The summed E-state index contributed by atoms with van der Waals surface area (Å²) >= 11 is 1.42. The summed E-state index contributed by atoms with van der Waals surface area (Å²) in [4.78, 5) is 12.7. The minimum atomic E-state index is 0.356. The van der Waals surface area contributed by atoms with Crippen molar-refractivity contribution in [3.8, 4) is 0 Å². The van der Waals surface area contributed by atoms with Gasteiger partial charge in [0.15, 0.2) is 5.16 Å². The highest BCUT2D eigenvalue weighted by atomic mass is 32.2. The van der Waals surface area contributed by atoms with E-state index >= 15 is 0 Å². The first-order valence-electron chi connectivity index (χ1n) is 6.29. The van der Waals surface area contributed by atoms with Crippen molar-refractivity contribution < 1.29 is 0 Å². The molecule has 0 atom stereocenters. The number of pyridine rings is 1. The standard InChI is InChI=1S/C14H14N6S/c15-11-6-12(16)20-14(19-11)21-7-9-5-8-3-1-2-4-10(8)18-13(9)17/h1-6H,7H2,(H2,17,18)(H4,15,16,19,20). The van der Waals surface area contributed by atoms with Gasteiger partial charge in [-0.2, -0.15) is 0 Å². The topological polar surface area (TPSA) is 117 Å². The number of hydrogen-bond donors (Lipinski definition) is 3. The number of fused-ring (bicyclic) bond motifs is 1. The van der Waals surface area contributed by atoms with Gasteiger partial charge in [0.1, 0.15) is 17.5 Å². The first kappa shape index (κ1) is 13.4. The highest BCUT2D eigenvalue weighted by Crippen LogP contribution is 2.26. The summed E-state index contributed by atoms with van der Waals surface area (Å²) in [7, 11) is 0. The minimum Gasteiger partial charge on any atom is -0.383 e. The first-order chi connectivity index (χ1) is 10.1. The number of nitrogens with zero attached hydrogens (tertiary/aromatic N) is 3. The van der Waals surface area contributed by atoms with E-state index < -0.39 is 0 Å². The van der Waals surface area contributed by atoms with Crippen LogP contribution in [0.15, 0.2) is 41.6 Å². The number of nitrogens with two attached hydrogens (primary N) is 3. The van der Waals surface area contributed by atoms with Crippen LogP contribution in [0, 0.1) is 0 Å². The first-order valence-corrected chi connectivity index (χ1v) is 7.27. The highest BCUT2D eigenvalue weighted by Gasteiger charge is 2.07. The normalized spacial score (nSPS) is 10.9. The molecule has 0 amide bonds. The lowest BCUT2D eigenvalue weighted by molar-refractivity contribution is 0.984. The number of para-hydroxylation sites is 1. The molecule has 2 heterocycles. The predicted octanol–water partition coefficient (Wildman–Crippen LogP) is 2.06. The molecule has 3 aromatic rings. The maximum Gasteiger partial charge on any atom is 0.191 e. The molecule has 0 radical (unpaired) electrons. The third-order valence-electron chi connectivity index (χ3n) is 2.94. The molecule has 0 bridgehead atoms. The van der Waals surface area contributed by atoms with Gasteiger partial charge in [-0.05, 0) is 12.1 Å². The number of hydrogen-bond acceptors (Lipinski definition) is 7. The van der Waals surface area contributed by atoms with Crippen molar-refractivity contribution in [2.24, 2.45) is 0 Å². The van der Waals surface area contributed by atoms with Crippen molar-refractivity contribution in [1.29, 1.82) is 0 Å². The van der Waals surface area contributed by atoms with Crippen LogP contribution in [-0.4, -0.2) is 15.0 Å². The van der Waals surface area contributed by atoms with Crippen molar-refractivity contribution in [3.05, 3.63) is 42.0 Å². The second kappa shape index (κ2) is 5.45.